The second-order valence-electron chi connectivity index (χ2n) is 9.93. The summed E-state index contributed by atoms with van der Waals surface area (Å²) in [7, 11) is 3.11. The molecule has 260 valence electrons. The lowest BCUT2D eigenvalue weighted by atomic mass is 10.2. The number of halogens is 5. The van der Waals surface area contributed by atoms with Crippen molar-refractivity contribution in [2.45, 2.75) is 46.7 Å². The molecule has 4 aromatic rings. The zero-order chi connectivity index (χ0) is 36.4. The van der Waals surface area contributed by atoms with E-state index in [0.717, 1.165) is 6.54 Å². The summed E-state index contributed by atoms with van der Waals surface area (Å²) >= 11 is 23.0. The van der Waals surface area contributed by atoms with Gasteiger partial charge < -0.3 is 20.5 Å². The molecular formula is C32H38Br2Cl3N7O4. The fourth-order valence-electron chi connectivity index (χ4n) is 3.80. The summed E-state index contributed by atoms with van der Waals surface area (Å²) in [5.41, 5.74) is 0.962. The lowest BCUT2D eigenvalue weighted by Crippen LogP contribution is -2.36. The van der Waals surface area contributed by atoms with Crippen molar-refractivity contribution in [2.24, 2.45) is 0 Å². The van der Waals surface area contributed by atoms with E-state index in [1.165, 1.54) is 24.5 Å². The molecule has 0 aliphatic heterocycles. The van der Waals surface area contributed by atoms with Gasteiger partial charge in [-0.3, -0.25) is 14.5 Å². The fraction of sp³-hybridized carbons (Fsp3) is 0.312. The minimum atomic E-state index is -0.194. The zero-order valence-electron chi connectivity index (χ0n) is 27.4. The number of phenols is 1. The summed E-state index contributed by atoms with van der Waals surface area (Å²) in [6.07, 6.45) is 2.99. The van der Waals surface area contributed by atoms with Crippen LogP contribution in [0.15, 0.2) is 69.9 Å². The molecule has 2 heterocycles. The van der Waals surface area contributed by atoms with Gasteiger partial charge in [0.25, 0.3) is 11.8 Å². The van der Waals surface area contributed by atoms with E-state index in [-0.39, 0.29) is 34.0 Å². The summed E-state index contributed by atoms with van der Waals surface area (Å²) < 4.78 is 6.78. The monoisotopic (exact) mass is 847 g/mol. The Balaban J connectivity index is 0.000000341. The Morgan fingerprint density at radius 2 is 1.33 bits per heavy atom. The van der Waals surface area contributed by atoms with E-state index in [2.05, 4.69) is 102 Å². The van der Waals surface area contributed by atoms with Crippen LogP contribution in [0, 0.1) is 0 Å². The predicted octanol–water partition coefficient (Wildman–Crippen LogP) is 8.47. The maximum atomic E-state index is 11.5. The lowest BCUT2D eigenvalue weighted by Gasteiger charge is -2.28. The highest BCUT2D eigenvalue weighted by Crippen LogP contribution is 2.28. The van der Waals surface area contributed by atoms with Gasteiger partial charge in [0, 0.05) is 49.7 Å². The first-order valence-electron chi connectivity index (χ1n) is 14.4. The molecule has 0 aliphatic rings. The Bertz CT molecular complexity index is 1610. The highest BCUT2D eigenvalue weighted by molar-refractivity contribution is 9.10. The maximum absolute atomic E-state index is 11.5. The molecule has 0 spiro atoms. The number of carbonyl (C=O) groups is 2. The molecule has 16 heteroatoms. The van der Waals surface area contributed by atoms with E-state index in [4.69, 9.17) is 44.6 Å². The highest BCUT2D eigenvalue weighted by atomic mass is 79.9. The number of carbonyl (C=O) groups excluding carboxylic acids is 2. The summed E-state index contributed by atoms with van der Waals surface area (Å²) in [6, 6.07) is 14.3. The molecule has 2 aromatic carbocycles. The second-order valence-corrected chi connectivity index (χ2v) is 12.7. The van der Waals surface area contributed by atoms with Crippen molar-refractivity contribution >= 4 is 78.5 Å². The van der Waals surface area contributed by atoms with E-state index < -0.39 is 0 Å². The normalized spacial score (nSPS) is 10.1. The first-order valence-corrected chi connectivity index (χ1v) is 17.1. The number of aromatic nitrogens is 4. The Labute approximate surface area is 313 Å². The predicted molar refractivity (Wildman–Crippen MR) is 199 cm³/mol. The maximum Gasteiger partial charge on any atom is 0.251 e. The molecule has 3 N–H and O–H groups in total. The number of ether oxygens (including phenoxy) is 1. The number of nitrogens with zero attached hydrogens (tertiary/aromatic N) is 5. The second kappa shape index (κ2) is 22.5. The molecule has 0 aliphatic carbocycles. The van der Waals surface area contributed by atoms with Crippen molar-refractivity contribution < 1.29 is 19.4 Å². The van der Waals surface area contributed by atoms with Gasteiger partial charge in [0.15, 0.2) is 0 Å². The molecule has 0 atom stereocenters. The van der Waals surface area contributed by atoms with Crippen LogP contribution in [0.4, 0.5) is 0 Å². The van der Waals surface area contributed by atoms with Crippen LogP contribution < -0.4 is 15.4 Å². The first-order chi connectivity index (χ1) is 22.6. The molecule has 48 heavy (non-hydrogen) atoms. The third kappa shape index (κ3) is 15.9. The van der Waals surface area contributed by atoms with Gasteiger partial charge in [-0.1, -0.05) is 30.7 Å². The minimum absolute atomic E-state index is 0.0839. The van der Waals surface area contributed by atoms with Crippen LogP contribution in [0.1, 0.15) is 55.3 Å². The number of aromatic hydroxyl groups is 1. The van der Waals surface area contributed by atoms with Gasteiger partial charge in [-0.05, 0) is 126 Å². The molecule has 0 fully saturated rings. The summed E-state index contributed by atoms with van der Waals surface area (Å²) in [4.78, 5) is 40.0. The standard InChI is InChI=1S/C12H9BrClN3O2.C8H9NO2.C8H19N.C4HBrCl2N2/c1-15-10(18)7-3-2-4-8(5-7)19-11-9(13)6-16-12(14)17-11;1-9-8(11)6-3-2-4-7(10)5-6;1-6-9(7(2)3)8(4)5;5-2-1-8-4(7)9-3(2)6/h2-6H,1H3,(H,15,18);2-5,10H,1H3,(H,9,11);7-8H,6H2,1-5H3;1H. The van der Waals surface area contributed by atoms with Crippen LogP contribution in [-0.2, 0) is 0 Å². The van der Waals surface area contributed by atoms with Gasteiger partial charge >= 0.3 is 0 Å². The number of amides is 2. The van der Waals surface area contributed by atoms with Gasteiger partial charge in [-0.2, -0.15) is 4.98 Å². The van der Waals surface area contributed by atoms with Gasteiger partial charge in [-0.25, -0.2) is 15.0 Å². The number of hydrogen-bond acceptors (Lipinski definition) is 9. The highest BCUT2D eigenvalue weighted by Gasteiger charge is 2.10. The Morgan fingerprint density at radius 1 is 0.833 bits per heavy atom. The molecule has 0 saturated carbocycles. The Hall–Kier alpha value is -3.07. The van der Waals surface area contributed by atoms with Gasteiger partial charge in [0.2, 0.25) is 16.4 Å². The van der Waals surface area contributed by atoms with E-state index >= 15 is 0 Å². The summed E-state index contributed by atoms with van der Waals surface area (Å²) in [5, 5.41) is 14.5. The average Bonchev–Trinajstić information content (AvgIpc) is 3.05. The molecule has 2 aromatic heterocycles. The number of benzene rings is 2. The molecule has 4 rings (SSSR count). The third-order valence-corrected chi connectivity index (χ3v) is 7.92. The first kappa shape index (κ1) is 43.0. The van der Waals surface area contributed by atoms with Crippen molar-refractivity contribution in [3.8, 4) is 17.4 Å². The van der Waals surface area contributed by atoms with Crippen LogP contribution in [-0.4, -0.2) is 74.5 Å². The summed E-state index contributed by atoms with van der Waals surface area (Å²) in [6.45, 7) is 12.3. The fourth-order valence-corrected chi connectivity index (χ4v) is 4.70. The van der Waals surface area contributed by atoms with Crippen molar-refractivity contribution in [1.29, 1.82) is 0 Å². The molecular weight excluding hydrogens is 813 g/mol. The van der Waals surface area contributed by atoms with Crippen molar-refractivity contribution in [1.82, 2.24) is 35.5 Å². The number of phenolic OH excluding ortho intramolecular Hbond substituents is 1. The van der Waals surface area contributed by atoms with E-state index in [9.17, 15) is 9.59 Å². The van der Waals surface area contributed by atoms with Crippen molar-refractivity contribution in [2.75, 3.05) is 20.6 Å². The Kier molecular flexibility index (Phi) is 20.2. The largest absolute Gasteiger partial charge is 0.508 e. The molecule has 0 bridgehead atoms. The SMILES string of the molecule is CCN(C(C)C)C(C)C.CNC(=O)c1cccc(O)c1.CNC(=O)c1cccc(Oc2nc(Cl)ncc2Br)c1.Clc1ncc(Br)c(Cl)n1. The number of rotatable bonds is 7. The van der Waals surface area contributed by atoms with Crippen molar-refractivity contribution in [3.63, 3.8) is 0 Å². The van der Waals surface area contributed by atoms with Crippen LogP contribution >= 0.6 is 66.7 Å². The van der Waals surface area contributed by atoms with E-state index in [0.29, 0.717) is 43.1 Å². The quantitative estimate of drug-likeness (QED) is 0.123. The van der Waals surface area contributed by atoms with E-state index in [1.54, 1.807) is 50.5 Å². The minimum Gasteiger partial charge on any atom is -0.508 e. The molecule has 0 unspecified atom stereocenters. The van der Waals surface area contributed by atoms with E-state index in [1.807, 2.05) is 0 Å². The van der Waals surface area contributed by atoms with Gasteiger partial charge in [-0.15, -0.1) is 0 Å². The van der Waals surface area contributed by atoms with Crippen LogP contribution in [0.5, 0.6) is 17.4 Å². The molecule has 2 amide bonds. The number of nitrogens with one attached hydrogen (secondary N) is 2. The van der Waals surface area contributed by atoms with Gasteiger partial charge in [0.05, 0.1) is 8.95 Å². The van der Waals surface area contributed by atoms with Crippen LogP contribution in [0.3, 0.4) is 0 Å². The average molecular weight is 851 g/mol. The zero-order valence-corrected chi connectivity index (χ0v) is 32.9. The lowest BCUT2D eigenvalue weighted by molar-refractivity contribution is 0.0955. The van der Waals surface area contributed by atoms with Gasteiger partial charge in [0.1, 0.15) is 16.7 Å². The smallest absolute Gasteiger partial charge is 0.251 e. The van der Waals surface area contributed by atoms with Crippen molar-refractivity contribution in [3.05, 3.63) is 96.7 Å². The van der Waals surface area contributed by atoms with Crippen LogP contribution in [0.2, 0.25) is 15.7 Å². The molecule has 0 radical (unpaired) electrons. The summed E-state index contributed by atoms with van der Waals surface area (Å²) in [5.74, 6) is 0.489. The van der Waals surface area contributed by atoms with Crippen LogP contribution in [0.25, 0.3) is 0 Å². The molecule has 11 nitrogen and oxygen atoms in total. The third-order valence-electron chi connectivity index (χ3n) is 5.92. The number of hydrogen-bond donors (Lipinski definition) is 3. The Morgan fingerprint density at radius 3 is 1.77 bits per heavy atom. The molecule has 0 saturated heterocycles. The topological polar surface area (TPSA) is 142 Å².